The van der Waals surface area contributed by atoms with Gasteiger partial charge in [-0.3, -0.25) is 4.79 Å². The van der Waals surface area contributed by atoms with Crippen LogP contribution in [0.4, 0.5) is 5.69 Å². The maximum atomic E-state index is 12.4. The largest absolute Gasteiger partial charge is 0.481 e. The van der Waals surface area contributed by atoms with Gasteiger partial charge in [-0.1, -0.05) is 79.5 Å². The van der Waals surface area contributed by atoms with Gasteiger partial charge in [-0.25, -0.2) is 0 Å². The van der Waals surface area contributed by atoms with Crippen LogP contribution in [0.15, 0.2) is 72.8 Å². The van der Waals surface area contributed by atoms with Crippen molar-refractivity contribution in [2.24, 2.45) is 0 Å². The third-order valence-electron chi connectivity index (χ3n) is 4.88. The molecule has 3 rings (SSSR count). The lowest BCUT2D eigenvalue weighted by atomic mass is 9.78. The van der Waals surface area contributed by atoms with Crippen molar-refractivity contribution >= 4 is 34.8 Å². The molecule has 0 aliphatic heterocycles. The fourth-order valence-electron chi connectivity index (χ4n) is 3.10. The predicted molar refractivity (Wildman–Crippen MR) is 120 cm³/mol. The summed E-state index contributed by atoms with van der Waals surface area (Å²) in [6.45, 7) is 6.07. The van der Waals surface area contributed by atoms with E-state index in [0.29, 0.717) is 21.5 Å². The van der Waals surface area contributed by atoms with E-state index in [2.05, 4.69) is 31.3 Å². The summed E-state index contributed by atoms with van der Waals surface area (Å²) in [7, 11) is 0. The van der Waals surface area contributed by atoms with E-state index < -0.39 is 6.10 Å². The maximum Gasteiger partial charge on any atom is 0.265 e. The topological polar surface area (TPSA) is 38.3 Å². The molecule has 0 saturated heterocycles. The molecule has 0 spiro atoms. The molecule has 3 aromatic rings. The molecule has 0 saturated carbocycles. The number of hydrogen-bond donors (Lipinski definition) is 1. The fourth-order valence-corrected chi connectivity index (χ4v) is 3.63. The molecule has 29 heavy (non-hydrogen) atoms. The lowest BCUT2D eigenvalue weighted by Crippen LogP contribution is -2.30. The van der Waals surface area contributed by atoms with Crippen molar-refractivity contribution in [2.75, 3.05) is 5.32 Å². The Bertz CT molecular complexity index is 965. The number of rotatable bonds is 6. The molecule has 1 amide bonds. The molecule has 3 nitrogen and oxygen atoms in total. The average molecular weight is 428 g/mol. The Morgan fingerprint density at radius 1 is 0.897 bits per heavy atom. The zero-order valence-corrected chi connectivity index (χ0v) is 18.1. The van der Waals surface area contributed by atoms with Gasteiger partial charge >= 0.3 is 0 Å². The first kappa shape index (κ1) is 21.2. The lowest BCUT2D eigenvalue weighted by Gasteiger charge is -2.26. The van der Waals surface area contributed by atoms with Crippen molar-refractivity contribution in [2.45, 2.75) is 32.3 Å². The summed E-state index contributed by atoms with van der Waals surface area (Å²) < 4.78 is 5.80. The van der Waals surface area contributed by atoms with Gasteiger partial charge in [0.15, 0.2) is 6.10 Å². The second-order valence-electron chi connectivity index (χ2n) is 7.42. The quantitative estimate of drug-likeness (QED) is 0.473. The third kappa shape index (κ3) is 5.31. The van der Waals surface area contributed by atoms with E-state index in [1.807, 2.05) is 42.5 Å². The standard InChI is InChI=1S/C24H23Cl2NO2/c1-16(23(28)27-21-14-19(25)13-20(26)15-21)29-22-11-9-18(10-12-22)24(2,3)17-7-5-4-6-8-17/h4-16H,1-3H3,(H,27,28). The number of carbonyl (C=O) groups excluding carboxylic acids is 1. The molecule has 5 heteroatoms. The summed E-state index contributed by atoms with van der Waals surface area (Å²) in [5, 5.41) is 3.68. The van der Waals surface area contributed by atoms with Gasteiger partial charge in [0.2, 0.25) is 0 Å². The number of halogens is 2. The summed E-state index contributed by atoms with van der Waals surface area (Å²) in [5.74, 6) is 0.349. The minimum absolute atomic E-state index is 0.130. The van der Waals surface area contributed by atoms with Crippen LogP contribution >= 0.6 is 23.2 Å². The second-order valence-corrected chi connectivity index (χ2v) is 8.30. The van der Waals surface area contributed by atoms with Gasteiger partial charge in [0.1, 0.15) is 5.75 Å². The van der Waals surface area contributed by atoms with Crippen molar-refractivity contribution in [3.8, 4) is 5.75 Å². The number of benzene rings is 3. The van der Waals surface area contributed by atoms with Crippen molar-refractivity contribution in [3.05, 3.63) is 94.0 Å². The first-order valence-corrected chi connectivity index (χ1v) is 10.1. The smallest absolute Gasteiger partial charge is 0.265 e. The first-order chi connectivity index (χ1) is 13.8. The van der Waals surface area contributed by atoms with E-state index in [1.165, 1.54) is 11.1 Å². The molecular formula is C24H23Cl2NO2. The molecule has 0 aliphatic rings. The van der Waals surface area contributed by atoms with Crippen LogP contribution in [0, 0.1) is 0 Å². The average Bonchev–Trinajstić information content (AvgIpc) is 2.68. The molecular weight excluding hydrogens is 405 g/mol. The van der Waals surface area contributed by atoms with Crippen LogP contribution in [0.25, 0.3) is 0 Å². The summed E-state index contributed by atoms with van der Waals surface area (Å²) in [6, 6.07) is 23.1. The molecule has 0 heterocycles. The molecule has 0 aliphatic carbocycles. The number of amides is 1. The van der Waals surface area contributed by atoms with Gasteiger partial charge in [0.25, 0.3) is 5.91 Å². The molecule has 0 fully saturated rings. The molecule has 150 valence electrons. The molecule has 0 aromatic heterocycles. The SMILES string of the molecule is CC(Oc1ccc(C(C)(C)c2ccccc2)cc1)C(=O)Nc1cc(Cl)cc(Cl)c1. The van der Waals surface area contributed by atoms with Crippen LogP contribution in [0.3, 0.4) is 0 Å². The van der Waals surface area contributed by atoms with Crippen molar-refractivity contribution in [3.63, 3.8) is 0 Å². The highest BCUT2D eigenvalue weighted by Crippen LogP contribution is 2.32. The van der Waals surface area contributed by atoms with Crippen LogP contribution in [0.5, 0.6) is 5.75 Å². The monoisotopic (exact) mass is 427 g/mol. The van der Waals surface area contributed by atoms with E-state index in [9.17, 15) is 4.79 Å². The lowest BCUT2D eigenvalue weighted by molar-refractivity contribution is -0.122. The highest BCUT2D eigenvalue weighted by atomic mass is 35.5. The Morgan fingerprint density at radius 3 is 2.03 bits per heavy atom. The molecule has 1 unspecified atom stereocenters. The Balaban J connectivity index is 1.66. The number of hydrogen-bond acceptors (Lipinski definition) is 2. The van der Waals surface area contributed by atoms with E-state index in [0.717, 1.165) is 0 Å². The summed E-state index contributed by atoms with van der Waals surface area (Å²) >= 11 is 11.9. The highest BCUT2D eigenvalue weighted by molar-refractivity contribution is 6.35. The van der Waals surface area contributed by atoms with Gasteiger partial charge < -0.3 is 10.1 Å². The van der Waals surface area contributed by atoms with Crippen LogP contribution < -0.4 is 10.1 Å². The van der Waals surface area contributed by atoms with Gasteiger partial charge in [-0.2, -0.15) is 0 Å². The Labute approximate surface area is 181 Å². The van der Waals surface area contributed by atoms with Gasteiger partial charge in [-0.15, -0.1) is 0 Å². The van der Waals surface area contributed by atoms with Gasteiger partial charge in [0, 0.05) is 21.1 Å². The van der Waals surface area contributed by atoms with Crippen molar-refractivity contribution in [1.82, 2.24) is 0 Å². The zero-order valence-electron chi connectivity index (χ0n) is 16.6. The number of carbonyl (C=O) groups is 1. The zero-order chi connectivity index (χ0) is 21.0. The van der Waals surface area contributed by atoms with Gasteiger partial charge in [-0.05, 0) is 48.4 Å². The highest BCUT2D eigenvalue weighted by Gasteiger charge is 2.23. The van der Waals surface area contributed by atoms with E-state index in [1.54, 1.807) is 25.1 Å². The van der Waals surface area contributed by atoms with Crippen LogP contribution in [0.1, 0.15) is 31.9 Å². The van der Waals surface area contributed by atoms with Crippen molar-refractivity contribution < 1.29 is 9.53 Å². The molecule has 0 bridgehead atoms. The Kier molecular flexibility index (Phi) is 6.51. The third-order valence-corrected chi connectivity index (χ3v) is 5.32. The van der Waals surface area contributed by atoms with Crippen LogP contribution in [-0.4, -0.2) is 12.0 Å². The number of ether oxygens (including phenoxy) is 1. The minimum atomic E-state index is -0.680. The number of nitrogens with one attached hydrogen (secondary N) is 1. The Morgan fingerprint density at radius 2 is 1.45 bits per heavy atom. The Hall–Kier alpha value is -2.49. The van der Waals surface area contributed by atoms with E-state index in [-0.39, 0.29) is 11.3 Å². The normalized spacial score (nSPS) is 12.3. The predicted octanol–water partition coefficient (Wildman–Crippen LogP) is 6.73. The second kappa shape index (κ2) is 8.89. The van der Waals surface area contributed by atoms with Crippen LogP contribution in [0.2, 0.25) is 10.0 Å². The summed E-state index contributed by atoms with van der Waals surface area (Å²) in [5.41, 5.74) is 2.81. The summed E-state index contributed by atoms with van der Waals surface area (Å²) in [4.78, 5) is 12.4. The van der Waals surface area contributed by atoms with Crippen LogP contribution in [-0.2, 0) is 10.2 Å². The van der Waals surface area contributed by atoms with E-state index in [4.69, 9.17) is 27.9 Å². The molecule has 3 aromatic carbocycles. The fraction of sp³-hybridized carbons (Fsp3) is 0.208. The summed E-state index contributed by atoms with van der Waals surface area (Å²) in [6.07, 6.45) is -0.680. The maximum absolute atomic E-state index is 12.4. The van der Waals surface area contributed by atoms with E-state index >= 15 is 0 Å². The van der Waals surface area contributed by atoms with Gasteiger partial charge in [0.05, 0.1) is 0 Å². The van der Waals surface area contributed by atoms with Crippen molar-refractivity contribution in [1.29, 1.82) is 0 Å². The first-order valence-electron chi connectivity index (χ1n) is 9.35. The molecule has 1 N–H and O–H groups in total. The minimum Gasteiger partial charge on any atom is -0.481 e. The molecule has 0 radical (unpaired) electrons. The number of anilines is 1. The molecule has 1 atom stereocenters.